The standard InChI is InChI=1S/C15H23FN2O/c1-12(17)13-6-5-7-14(16)15(13)19-11-10-18-8-3-2-4-9-18/h5-7,12H,2-4,8-11,17H2,1H3. The molecule has 1 aliphatic heterocycles. The quantitative estimate of drug-likeness (QED) is 0.890. The van der Waals surface area contributed by atoms with Crippen LogP contribution in [-0.2, 0) is 0 Å². The number of hydrogen-bond donors (Lipinski definition) is 1. The zero-order valence-electron chi connectivity index (χ0n) is 11.6. The monoisotopic (exact) mass is 266 g/mol. The summed E-state index contributed by atoms with van der Waals surface area (Å²) >= 11 is 0. The number of ether oxygens (including phenoxy) is 1. The van der Waals surface area contributed by atoms with Crippen molar-refractivity contribution in [3.63, 3.8) is 0 Å². The highest BCUT2D eigenvalue weighted by molar-refractivity contribution is 5.36. The summed E-state index contributed by atoms with van der Waals surface area (Å²) in [7, 11) is 0. The predicted molar refractivity (Wildman–Crippen MR) is 74.8 cm³/mol. The normalized spacial score (nSPS) is 18.3. The van der Waals surface area contributed by atoms with E-state index in [4.69, 9.17) is 10.5 Å². The first-order chi connectivity index (χ1) is 9.18. The Balaban J connectivity index is 1.91. The number of para-hydroxylation sites is 1. The molecule has 1 saturated heterocycles. The molecule has 0 spiro atoms. The molecular formula is C15H23FN2O. The van der Waals surface area contributed by atoms with E-state index in [1.54, 1.807) is 6.07 Å². The zero-order valence-corrected chi connectivity index (χ0v) is 11.6. The van der Waals surface area contributed by atoms with Gasteiger partial charge in [0, 0.05) is 18.2 Å². The molecule has 1 aromatic carbocycles. The van der Waals surface area contributed by atoms with Gasteiger partial charge in [0.05, 0.1) is 0 Å². The lowest BCUT2D eigenvalue weighted by atomic mass is 10.1. The minimum absolute atomic E-state index is 0.222. The van der Waals surface area contributed by atoms with Crippen molar-refractivity contribution in [2.45, 2.75) is 32.2 Å². The summed E-state index contributed by atoms with van der Waals surface area (Å²) < 4.78 is 19.4. The molecule has 3 nitrogen and oxygen atoms in total. The highest BCUT2D eigenvalue weighted by Crippen LogP contribution is 2.26. The van der Waals surface area contributed by atoms with Crippen molar-refractivity contribution in [2.75, 3.05) is 26.2 Å². The molecule has 0 bridgehead atoms. The van der Waals surface area contributed by atoms with Gasteiger partial charge >= 0.3 is 0 Å². The van der Waals surface area contributed by atoms with Crippen molar-refractivity contribution in [3.8, 4) is 5.75 Å². The smallest absolute Gasteiger partial charge is 0.165 e. The predicted octanol–water partition coefficient (Wildman–Crippen LogP) is 2.71. The van der Waals surface area contributed by atoms with E-state index in [2.05, 4.69) is 4.90 Å². The minimum Gasteiger partial charge on any atom is -0.489 e. The van der Waals surface area contributed by atoms with Gasteiger partial charge < -0.3 is 10.5 Å². The average molecular weight is 266 g/mol. The molecule has 1 heterocycles. The van der Waals surface area contributed by atoms with Crippen molar-refractivity contribution < 1.29 is 9.13 Å². The lowest BCUT2D eigenvalue weighted by Crippen LogP contribution is -2.33. The fraction of sp³-hybridized carbons (Fsp3) is 0.600. The lowest BCUT2D eigenvalue weighted by molar-refractivity contribution is 0.179. The summed E-state index contributed by atoms with van der Waals surface area (Å²) in [6.07, 6.45) is 3.83. The van der Waals surface area contributed by atoms with E-state index in [9.17, 15) is 4.39 Å². The fourth-order valence-corrected chi connectivity index (χ4v) is 2.50. The summed E-state index contributed by atoms with van der Waals surface area (Å²) in [5, 5.41) is 0. The molecule has 0 saturated carbocycles. The van der Waals surface area contributed by atoms with E-state index in [0.29, 0.717) is 12.4 Å². The minimum atomic E-state index is -0.326. The van der Waals surface area contributed by atoms with Crippen LogP contribution >= 0.6 is 0 Å². The number of benzene rings is 1. The molecule has 2 rings (SSSR count). The van der Waals surface area contributed by atoms with Crippen LogP contribution in [0.25, 0.3) is 0 Å². The van der Waals surface area contributed by atoms with Gasteiger partial charge in [-0.2, -0.15) is 0 Å². The fourth-order valence-electron chi connectivity index (χ4n) is 2.50. The van der Waals surface area contributed by atoms with E-state index < -0.39 is 0 Å². The van der Waals surface area contributed by atoms with Crippen molar-refractivity contribution in [1.82, 2.24) is 4.90 Å². The van der Waals surface area contributed by atoms with Gasteiger partial charge in [0.15, 0.2) is 11.6 Å². The molecule has 1 aromatic rings. The molecule has 0 aliphatic carbocycles. The molecule has 1 aliphatic rings. The third-order valence-electron chi connectivity index (χ3n) is 3.59. The first kappa shape index (κ1) is 14.3. The highest BCUT2D eigenvalue weighted by Gasteiger charge is 2.14. The topological polar surface area (TPSA) is 38.5 Å². The third-order valence-corrected chi connectivity index (χ3v) is 3.59. The first-order valence-electron chi connectivity index (χ1n) is 7.07. The zero-order chi connectivity index (χ0) is 13.7. The Kier molecular flexibility index (Phi) is 5.16. The van der Waals surface area contributed by atoms with E-state index in [0.717, 1.165) is 25.2 Å². The van der Waals surface area contributed by atoms with Crippen LogP contribution in [0.1, 0.15) is 37.8 Å². The molecule has 0 amide bonds. The van der Waals surface area contributed by atoms with Crippen LogP contribution in [0.5, 0.6) is 5.75 Å². The number of nitrogens with two attached hydrogens (primary N) is 1. The number of hydrogen-bond acceptors (Lipinski definition) is 3. The molecule has 106 valence electrons. The average Bonchev–Trinajstić information content (AvgIpc) is 2.41. The van der Waals surface area contributed by atoms with Gasteiger partial charge in [-0.1, -0.05) is 18.6 Å². The maximum absolute atomic E-state index is 13.8. The van der Waals surface area contributed by atoms with Crippen LogP contribution in [0.2, 0.25) is 0 Å². The maximum Gasteiger partial charge on any atom is 0.165 e. The van der Waals surface area contributed by atoms with E-state index in [1.807, 2.05) is 13.0 Å². The van der Waals surface area contributed by atoms with E-state index in [1.165, 1.54) is 25.3 Å². The van der Waals surface area contributed by atoms with Gasteiger partial charge in [-0.25, -0.2) is 4.39 Å². The summed E-state index contributed by atoms with van der Waals surface area (Å²) in [5.74, 6) is -0.0112. The van der Waals surface area contributed by atoms with E-state index >= 15 is 0 Å². The number of rotatable bonds is 5. The van der Waals surface area contributed by atoms with Gasteiger partial charge in [-0.15, -0.1) is 0 Å². The summed E-state index contributed by atoms with van der Waals surface area (Å²) in [4.78, 5) is 2.37. The molecule has 2 N–H and O–H groups in total. The van der Waals surface area contributed by atoms with Crippen molar-refractivity contribution in [2.24, 2.45) is 5.73 Å². The Bertz CT molecular complexity index is 403. The number of likely N-dealkylation sites (tertiary alicyclic amines) is 1. The largest absolute Gasteiger partial charge is 0.489 e. The second kappa shape index (κ2) is 6.87. The Morgan fingerprint density at radius 1 is 1.32 bits per heavy atom. The highest BCUT2D eigenvalue weighted by atomic mass is 19.1. The SMILES string of the molecule is CC(N)c1cccc(F)c1OCCN1CCCCC1. The van der Waals surface area contributed by atoms with Crippen LogP contribution < -0.4 is 10.5 Å². The van der Waals surface area contributed by atoms with Gasteiger partial charge in [-0.05, 0) is 38.9 Å². The Labute approximate surface area is 114 Å². The first-order valence-corrected chi connectivity index (χ1v) is 7.07. The third kappa shape index (κ3) is 3.91. The van der Waals surface area contributed by atoms with Gasteiger partial charge in [0.2, 0.25) is 0 Å². The lowest BCUT2D eigenvalue weighted by Gasteiger charge is -2.26. The molecule has 1 atom stereocenters. The second-order valence-corrected chi connectivity index (χ2v) is 5.20. The summed E-state index contributed by atoms with van der Waals surface area (Å²) in [5.41, 5.74) is 6.58. The molecule has 1 unspecified atom stereocenters. The van der Waals surface area contributed by atoms with Crippen molar-refractivity contribution in [3.05, 3.63) is 29.6 Å². The van der Waals surface area contributed by atoms with Crippen LogP contribution in [0, 0.1) is 5.82 Å². The van der Waals surface area contributed by atoms with Gasteiger partial charge in [-0.3, -0.25) is 4.90 Å². The molecule has 19 heavy (non-hydrogen) atoms. The molecule has 4 heteroatoms. The molecule has 0 aromatic heterocycles. The second-order valence-electron chi connectivity index (χ2n) is 5.20. The Hall–Kier alpha value is -1.13. The van der Waals surface area contributed by atoms with Crippen LogP contribution in [0.3, 0.4) is 0 Å². The van der Waals surface area contributed by atoms with Crippen LogP contribution in [-0.4, -0.2) is 31.1 Å². The van der Waals surface area contributed by atoms with Crippen LogP contribution in [0.15, 0.2) is 18.2 Å². The van der Waals surface area contributed by atoms with Gasteiger partial charge in [0.1, 0.15) is 6.61 Å². The van der Waals surface area contributed by atoms with Crippen molar-refractivity contribution >= 4 is 0 Å². The summed E-state index contributed by atoms with van der Waals surface area (Å²) in [6, 6.07) is 4.69. The maximum atomic E-state index is 13.8. The summed E-state index contributed by atoms with van der Waals surface area (Å²) in [6.45, 7) is 5.46. The number of piperidine rings is 1. The molecular weight excluding hydrogens is 243 g/mol. The van der Waals surface area contributed by atoms with Gasteiger partial charge in [0.25, 0.3) is 0 Å². The van der Waals surface area contributed by atoms with E-state index in [-0.39, 0.29) is 11.9 Å². The molecule has 0 radical (unpaired) electrons. The number of halogens is 1. The van der Waals surface area contributed by atoms with Crippen molar-refractivity contribution in [1.29, 1.82) is 0 Å². The van der Waals surface area contributed by atoms with Crippen LogP contribution in [0.4, 0.5) is 4.39 Å². The molecule has 1 fully saturated rings. The Morgan fingerprint density at radius 3 is 2.74 bits per heavy atom. The number of nitrogens with zero attached hydrogens (tertiary/aromatic N) is 1. The Morgan fingerprint density at radius 2 is 2.05 bits per heavy atom.